The van der Waals surface area contributed by atoms with E-state index in [0.29, 0.717) is 47.5 Å². The summed E-state index contributed by atoms with van der Waals surface area (Å²) in [6.07, 6.45) is 6.75. The standard InChI is InChI=1S/C35H38F3N9O2/c1-20(2)45-17-25(35(36,37)38)42-32(45)23-9-7-21(8-10-23)16-46(24-13-14-24)33-29-31(41-19-47(29)26-6-4-5-15-49-26)43-30(44-33)27-28(22-11-12-22)39-18-40-34(27)48-3/h7-10,17-20,22,24,26H,4-6,11-16H2,1-3H3. The molecule has 3 aliphatic rings. The fourth-order valence-corrected chi connectivity index (χ4v) is 6.67. The van der Waals surface area contributed by atoms with E-state index < -0.39 is 11.9 Å². The molecule has 1 aromatic carbocycles. The summed E-state index contributed by atoms with van der Waals surface area (Å²) >= 11 is 0. The Morgan fingerprint density at radius 1 is 0.980 bits per heavy atom. The van der Waals surface area contributed by atoms with Gasteiger partial charge in [0.1, 0.15) is 29.5 Å². The van der Waals surface area contributed by atoms with Crippen LogP contribution < -0.4 is 9.64 Å². The Hall–Kier alpha value is -4.59. The molecule has 3 fully saturated rings. The summed E-state index contributed by atoms with van der Waals surface area (Å²) < 4.78 is 56.3. The molecule has 4 aromatic heterocycles. The third-order valence-corrected chi connectivity index (χ3v) is 9.50. The Morgan fingerprint density at radius 2 is 1.78 bits per heavy atom. The molecule has 5 aromatic rings. The molecule has 2 aliphatic carbocycles. The van der Waals surface area contributed by atoms with Gasteiger partial charge in [0.25, 0.3) is 0 Å². The van der Waals surface area contributed by atoms with Gasteiger partial charge in [-0.25, -0.2) is 29.9 Å². The van der Waals surface area contributed by atoms with E-state index in [0.717, 1.165) is 73.7 Å². The average Bonchev–Trinajstić information content (AvgIpc) is 4.04. The highest BCUT2D eigenvalue weighted by atomic mass is 19.4. The van der Waals surface area contributed by atoms with Gasteiger partial charge in [-0.05, 0) is 64.4 Å². The maximum atomic E-state index is 13.6. The van der Waals surface area contributed by atoms with Crippen LogP contribution in [-0.4, -0.2) is 58.8 Å². The van der Waals surface area contributed by atoms with Gasteiger partial charge in [-0.3, -0.25) is 4.57 Å². The van der Waals surface area contributed by atoms with E-state index in [1.54, 1.807) is 18.0 Å². The molecule has 5 heterocycles. The van der Waals surface area contributed by atoms with Gasteiger partial charge < -0.3 is 18.9 Å². The molecule has 1 unspecified atom stereocenters. The molecule has 49 heavy (non-hydrogen) atoms. The number of anilines is 1. The lowest BCUT2D eigenvalue weighted by Crippen LogP contribution is -2.28. The van der Waals surface area contributed by atoms with Gasteiger partial charge in [0, 0.05) is 42.9 Å². The van der Waals surface area contributed by atoms with Crippen LogP contribution in [-0.2, 0) is 17.5 Å². The van der Waals surface area contributed by atoms with Crippen molar-refractivity contribution >= 4 is 17.0 Å². The minimum atomic E-state index is -4.52. The zero-order chi connectivity index (χ0) is 33.9. The van der Waals surface area contributed by atoms with Crippen LogP contribution in [0.3, 0.4) is 0 Å². The Bertz CT molecular complexity index is 1970. The van der Waals surface area contributed by atoms with Gasteiger partial charge in [-0.15, -0.1) is 0 Å². The highest BCUT2D eigenvalue weighted by molar-refractivity contribution is 5.87. The summed E-state index contributed by atoms with van der Waals surface area (Å²) in [5.74, 6) is 2.24. The van der Waals surface area contributed by atoms with Gasteiger partial charge in [-0.1, -0.05) is 24.3 Å². The molecule has 1 aliphatic heterocycles. The van der Waals surface area contributed by atoms with Crippen LogP contribution in [0.5, 0.6) is 5.88 Å². The van der Waals surface area contributed by atoms with Gasteiger partial charge in [0.15, 0.2) is 23.0 Å². The third-order valence-electron chi connectivity index (χ3n) is 9.50. The smallest absolute Gasteiger partial charge is 0.434 e. The van der Waals surface area contributed by atoms with E-state index >= 15 is 0 Å². The quantitative estimate of drug-likeness (QED) is 0.149. The zero-order valence-corrected chi connectivity index (χ0v) is 27.7. The number of alkyl halides is 3. The lowest BCUT2D eigenvalue weighted by Gasteiger charge is -2.28. The molecular formula is C35H38F3N9O2. The Kier molecular flexibility index (Phi) is 8.00. The van der Waals surface area contributed by atoms with Crippen molar-refractivity contribution in [2.45, 2.75) is 95.7 Å². The van der Waals surface area contributed by atoms with E-state index in [1.807, 2.05) is 38.1 Å². The molecule has 11 nitrogen and oxygen atoms in total. The second kappa shape index (κ2) is 12.4. The molecule has 8 rings (SSSR count). The lowest BCUT2D eigenvalue weighted by molar-refractivity contribution is -0.140. The number of methoxy groups -OCH3 is 1. The summed E-state index contributed by atoms with van der Waals surface area (Å²) in [6, 6.07) is 7.65. The summed E-state index contributed by atoms with van der Waals surface area (Å²) in [4.78, 5) is 30.4. The number of halogens is 3. The van der Waals surface area contributed by atoms with Crippen molar-refractivity contribution in [2.24, 2.45) is 0 Å². The first-order chi connectivity index (χ1) is 23.7. The Balaban J connectivity index is 1.21. The predicted molar refractivity (Wildman–Crippen MR) is 176 cm³/mol. The molecule has 0 N–H and O–H groups in total. The molecule has 0 amide bonds. The number of aromatic nitrogens is 8. The normalized spacial score (nSPS) is 18.4. The number of benzene rings is 1. The largest absolute Gasteiger partial charge is 0.480 e. The fourth-order valence-electron chi connectivity index (χ4n) is 6.67. The number of fused-ring (bicyclic) bond motifs is 1. The van der Waals surface area contributed by atoms with Crippen molar-refractivity contribution < 1.29 is 22.6 Å². The number of hydrogen-bond donors (Lipinski definition) is 0. The molecule has 2 saturated carbocycles. The molecule has 0 bridgehead atoms. The van der Waals surface area contributed by atoms with Crippen LogP contribution >= 0.6 is 0 Å². The number of nitrogens with zero attached hydrogens (tertiary/aromatic N) is 9. The molecule has 0 spiro atoms. The van der Waals surface area contributed by atoms with E-state index in [2.05, 4.69) is 24.4 Å². The maximum Gasteiger partial charge on any atom is 0.434 e. The number of imidazole rings is 2. The summed E-state index contributed by atoms with van der Waals surface area (Å²) in [7, 11) is 1.59. The number of ether oxygens (including phenoxy) is 2. The molecule has 256 valence electrons. The van der Waals surface area contributed by atoms with Crippen molar-refractivity contribution in [2.75, 3.05) is 18.6 Å². The van der Waals surface area contributed by atoms with Crippen LogP contribution in [0.25, 0.3) is 33.9 Å². The minimum absolute atomic E-state index is 0.171. The topological polar surface area (TPSA) is 109 Å². The first-order valence-corrected chi connectivity index (χ1v) is 17.0. The van der Waals surface area contributed by atoms with E-state index in [-0.39, 0.29) is 24.1 Å². The molecule has 14 heteroatoms. The first kappa shape index (κ1) is 31.7. The van der Waals surface area contributed by atoms with Crippen molar-refractivity contribution in [3.63, 3.8) is 0 Å². The fraction of sp³-hybridized carbons (Fsp3) is 0.486. The van der Waals surface area contributed by atoms with Crippen LogP contribution in [0.4, 0.5) is 19.0 Å². The second-order valence-electron chi connectivity index (χ2n) is 13.4. The number of hydrogen-bond acceptors (Lipinski definition) is 9. The highest BCUT2D eigenvalue weighted by Crippen LogP contribution is 2.46. The second-order valence-corrected chi connectivity index (χ2v) is 13.4. The third kappa shape index (κ3) is 6.11. The summed E-state index contributed by atoms with van der Waals surface area (Å²) in [5, 5.41) is 0. The van der Waals surface area contributed by atoms with Gasteiger partial charge in [-0.2, -0.15) is 13.2 Å². The van der Waals surface area contributed by atoms with Gasteiger partial charge >= 0.3 is 6.18 Å². The van der Waals surface area contributed by atoms with E-state index in [9.17, 15) is 13.2 Å². The minimum Gasteiger partial charge on any atom is -0.480 e. The molecular weight excluding hydrogens is 635 g/mol. The number of rotatable bonds is 10. The van der Waals surface area contributed by atoms with Crippen molar-refractivity contribution in [3.05, 3.63) is 60.1 Å². The maximum absolute atomic E-state index is 13.6. The van der Waals surface area contributed by atoms with Gasteiger partial charge in [0.05, 0.1) is 19.1 Å². The Labute approximate surface area is 281 Å². The van der Waals surface area contributed by atoms with E-state index in [1.165, 1.54) is 6.33 Å². The lowest BCUT2D eigenvalue weighted by atomic mass is 10.1. The highest BCUT2D eigenvalue weighted by Gasteiger charge is 2.37. The van der Waals surface area contributed by atoms with E-state index in [4.69, 9.17) is 24.4 Å². The monoisotopic (exact) mass is 673 g/mol. The molecule has 1 atom stereocenters. The Morgan fingerprint density at radius 3 is 2.43 bits per heavy atom. The van der Waals surface area contributed by atoms with Crippen LogP contribution in [0.2, 0.25) is 0 Å². The average molecular weight is 674 g/mol. The van der Waals surface area contributed by atoms with Crippen molar-refractivity contribution in [3.8, 4) is 28.7 Å². The van der Waals surface area contributed by atoms with Crippen LogP contribution in [0, 0.1) is 0 Å². The van der Waals surface area contributed by atoms with Crippen molar-refractivity contribution in [1.82, 2.24) is 39.0 Å². The van der Waals surface area contributed by atoms with Crippen LogP contribution in [0.1, 0.15) is 93.9 Å². The van der Waals surface area contributed by atoms with Gasteiger partial charge in [0.2, 0.25) is 5.88 Å². The predicted octanol–water partition coefficient (Wildman–Crippen LogP) is 7.50. The summed E-state index contributed by atoms with van der Waals surface area (Å²) in [5.41, 5.74) is 3.65. The van der Waals surface area contributed by atoms with Crippen molar-refractivity contribution in [1.29, 1.82) is 0 Å². The SMILES string of the molecule is COc1ncnc(C2CC2)c1-c1nc(N(Cc2ccc(-c3nc(C(F)(F)F)cn3C(C)C)cc2)C2CC2)c2c(ncn2C2CCCCO2)n1. The summed E-state index contributed by atoms with van der Waals surface area (Å²) in [6.45, 7) is 4.90. The van der Waals surface area contributed by atoms with Crippen LogP contribution in [0.15, 0.2) is 43.1 Å². The first-order valence-electron chi connectivity index (χ1n) is 17.0. The zero-order valence-electron chi connectivity index (χ0n) is 27.7. The molecule has 1 saturated heterocycles. The molecule has 0 radical (unpaired) electrons.